The van der Waals surface area contributed by atoms with Gasteiger partial charge in [0, 0.05) is 52.6 Å². The van der Waals surface area contributed by atoms with E-state index in [1.54, 1.807) is 27.0 Å². The van der Waals surface area contributed by atoms with Gasteiger partial charge in [0.2, 0.25) is 0 Å². The molecule has 0 spiro atoms. The minimum atomic E-state index is -0.892. The first-order chi connectivity index (χ1) is 20.6. The lowest BCUT2D eigenvalue weighted by atomic mass is 9.72. The molecular formula is C32H53N2O9P. The molecule has 4 rings (SSSR count). The lowest BCUT2D eigenvalue weighted by Crippen LogP contribution is -2.64. The monoisotopic (exact) mass is 640 g/mol. The summed E-state index contributed by atoms with van der Waals surface area (Å²) in [5.41, 5.74) is -0.208. The Bertz CT molecular complexity index is 1100. The molecule has 3 fully saturated rings. The van der Waals surface area contributed by atoms with Crippen molar-refractivity contribution in [3.63, 3.8) is 0 Å². The fraction of sp³-hybridized carbons (Fsp3) is 0.844. The molecule has 4 heterocycles. The Hall–Kier alpha value is -1.62. The van der Waals surface area contributed by atoms with Gasteiger partial charge >= 0.3 is 11.9 Å². The van der Waals surface area contributed by atoms with Crippen molar-refractivity contribution < 1.29 is 42.6 Å². The van der Waals surface area contributed by atoms with Gasteiger partial charge in [-0.2, -0.15) is 0 Å². The highest BCUT2D eigenvalue weighted by atomic mass is 31.0. The van der Waals surface area contributed by atoms with Crippen molar-refractivity contribution in [2.24, 2.45) is 29.6 Å². The average molecular weight is 641 g/mol. The van der Waals surface area contributed by atoms with Crippen molar-refractivity contribution in [2.75, 3.05) is 21.2 Å². The molecule has 4 aliphatic rings. The van der Waals surface area contributed by atoms with Crippen molar-refractivity contribution in [1.29, 1.82) is 0 Å². The third-order valence-electron chi connectivity index (χ3n) is 10.3. The maximum atomic E-state index is 13.5. The maximum absolute atomic E-state index is 13.5. The Kier molecular flexibility index (Phi) is 11.2. The number of rotatable bonds is 5. The highest BCUT2D eigenvalue weighted by Gasteiger charge is 2.63. The largest absolute Gasteiger partial charge is 0.462 e. The van der Waals surface area contributed by atoms with Gasteiger partial charge in [0.25, 0.3) is 0 Å². The van der Waals surface area contributed by atoms with Crippen LogP contribution in [0.3, 0.4) is 0 Å². The highest BCUT2D eigenvalue weighted by molar-refractivity contribution is 7.09. The number of hydrogen-bond acceptors (Lipinski definition) is 11. The lowest BCUT2D eigenvalue weighted by molar-refractivity contribution is -0.292. The predicted molar refractivity (Wildman–Crippen MR) is 166 cm³/mol. The van der Waals surface area contributed by atoms with Gasteiger partial charge in [-0.15, -0.1) is 0 Å². The van der Waals surface area contributed by atoms with Gasteiger partial charge in [0.15, 0.2) is 12.1 Å². The summed E-state index contributed by atoms with van der Waals surface area (Å²) in [4.78, 5) is 41.5. The number of esters is 2. The smallest absolute Gasteiger partial charge is 0.332 e. The molecule has 12 heteroatoms. The van der Waals surface area contributed by atoms with Gasteiger partial charge in [-0.3, -0.25) is 9.59 Å². The minimum absolute atomic E-state index is 0.0284. The lowest BCUT2D eigenvalue weighted by Gasteiger charge is -2.48. The Morgan fingerprint density at radius 1 is 0.977 bits per heavy atom. The summed E-state index contributed by atoms with van der Waals surface area (Å²) in [7, 11) is 8.02. The molecule has 11 nitrogen and oxygen atoms in total. The molecule has 0 saturated carbocycles. The molecule has 0 aliphatic carbocycles. The van der Waals surface area contributed by atoms with E-state index in [-0.39, 0.29) is 65.9 Å². The number of carbonyl (C=O) groups excluding carboxylic acids is 3. The summed E-state index contributed by atoms with van der Waals surface area (Å²) < 4.78 is 36.7. The molecule has 0 aromatic rings. The molecule has 1 N–H and O–H groups in total. The summed E-state index contributed by atoms with van der Waals surface area (Å²) in [6, 6.07) is 0.0284. The fourth-order valence-corrected chi connectivity index (χ4v) is 8.05. The second kappa shape index (κ2) is 14.0. The maximum Gasteiger partial charge on any atom is 0.332 e. The Labute approximate surface area is 264 Å². The molecule has 250 valence electrons. The number of allylic oxidation sites excluding steroid dienone is 1. The van der Waals surface area contributed by atoms with E-state index < -0.39 is 42.3 Å². The summed E-state index contributed by atoms with van der Waals surface area (Å²) in [6.45, 7) is 13.7. The van der Waals surface area contributed by atoms with Crippen LogP contribution in [0.2, 0.25) is 0 Å². The molecule has 0 bridgehead atoms. The van der Waals surface area contributed by atoms with E-state index in [1.165, 1.54) is 0 Å². The number of nitrogens with one attached hydrogen (secondary N) is 1. The van der Waals surface area contributed by atoms with Crippen LogP contribution in [0.25, 0.3) is 0 Å². The molecular weight excluding hydrogens is 587 g/mol. The van der Waals surface area contributed by atoms with E-state index in [9.17, 15) is 14.4 Å². The van der Waals surface area contributed by atoms with E-state index in [1.807, 2.05) is 41.8 Å². The van der Waals surface area contributed by atoms with Crippen molar-refractivity contribution in [1.82, 2.24) is 10.2 Å². The van der Waals surface area contributed by atoms with Crippen LogP contribution < -0.4 is 5.32 Å². The molecule has 0 aromatic heterocycles. The van der Waals surface area contributed by atoms with Crippen LogP contribution in [-0.4, -0.2) is 98.3 Å². The SMILES string of the molecule is CO[C@@H]1[C@@H](OC2OC(C)C(C)C(N(C)C)C2OP)[C@@H](C)C[C@@H](C)C(=O)C=C2N[C@@]3(C)C(=O)O[C@@H](C[C@@H](C)OC(=O)C[C@H]1C)[C@H]23. The first-order valence-corrected chi connectivity index (χ1v) is 16.4. The van der Waals surface area contributed by atoms with E-state index in [2.05, 4.69) is 26.6 Å². The number of ketones is 1. The standard InChI is InChI=1S/C32H53N2O9P/c1-15-11-16(2)28(42-30-29(43-44)26(34(8)9)19(5)20(6)40-30)27(38-10)17(3)12-24(36)39-18(4)13-23-25-21(14-22(15)35)33-32(25,7)31(37)41-23/h14-20,23,25-30,33H,11-13,44H2,1-10H3/t15-,16+,17-,18-,19?,20?,23+,25+,26?,27+,28+,29?,30?,32-/m1/s1. The van der Waals surface area contributed by atoms with E-state index in [0.29, 0.717) is 18.5 Å². The Morgan fingerprint density at radius 2 is 1.66 bits per heavy atom. The van der Waals surface area contributed by atoms with E-state index >= 15 is 0 Å². The number of carbonyl (C=O) groups is 3. The van der Waals surface area contributed by atoms with Gasteiger partial charge in [0.1, 0.15) is 23.9 Å². The second-order valence-electron chi connectivity index (χ2n) is 14.0. The van der Waals surface area contributed by atoms with Crippen LogP contribution in [0, 0.1) is 29.6 Å². The molecule has 4 aliphatic heterocycles. The van der Waals surface area contributed by atoms with E-state index in [0.717, 1.165) is 0 Å². The number of likely N-dealkylation sites (N-methyl/N-ethyl adjacent to an activating group) is 1. The van der Waals surface area contributed by atoms with Crippen molar-refractivity contribution in [3.05, 3.63) is 11.8 Å². The zero-order valence-electron chi connectivity index (χ0n) is 27.9. The second-order valence-corrected chi connectivity index (χ2v) is 14.3. The molecule has 0 radical (unpaired) electrons. The molecule has 0 aromatic carbocycles. The van der Waals surface area contributed by atoms with Crippen molar-refractivity contribution >= 4 is 27.2 Å². The molecule has 0 amide bonds. The van der Waals surface area contributed by atoms with Crippen LogP contribution >= 0.6 is 9.47 Å². The highest BCUT2D eigenvalue weighted by Crippen LogP contribution is 2.47. The Morgan fingerprint density at radius 3 is 2.27 bits per heavy atom. The van der Waals surface area contributed by atoms with Crippen molar-refractivity contribution in [3.8, 4) is 0 Å². The Balaban J connectivity index is 1.66. The van der Waals surface area contributed by atoms with Crippen LogP contribution in [0.5, 0.6) is 0 Å². The van der Waals surface area contributed by atoms with Gasteiger partial charge in [-0.25, -0.2) is 4.79 Å². The number of cyclic esters (lactones) is 1. The number of hydrogen-bond donors (Lipinski definition) is 1. The summed E-state index contributed by atoms with van der Waals surface area (Å²) in [5.74, 6) is -1.65. The fourth-order valence-electron chi connectivity index (χ4n) is 7.76. The van der Waals surface area contributed by atoms with Gasteiger partial charge in [-0.05, 0) is 53.1 Å². The molecule has 15 atom stereocenters. The predicted octanol–water partition coefficient (Wildman–Crippen LogP) is 3.25. The van der Waals surface area contributed by atoms with Crippen LogP contribution in [0.15, 0.2) is 11.8 Å². The van der Waals surface area contributed by atoms with Crippen LogP contribution in [0.4, 0.5) is 0 Å². The average Bonchev–Trinajstić information content (AvgIpc) is 3.10. The third-order valence-corrected chi connectivity index (χ3v) is 10.6. The number of ether oxygens (including phenoxy) is 5. The van der Waals surface area contributed by atoms with Gasteiger partial charge in [0.05, 0.1) is 30.7 Å². The first kappa shape index (κ1) is 35.2. The quantitative estimate of drug-likeness (QED) is 0.352. The third kappa shape index (κ3) is 6.88. The van der Waals surface area contributed by atoms with E-state index in [4.69, 9.17) is 28.2 Å². The minimum Gasteiger partial charge on any atom is -0.462 e. The summed E-state index contributed by atoms with van der Waals surface area (Å²) in [5, 5.41) is 3.18. The number of methoxy groups -OCH3 is 1. The zero-order valence-corrected chi connectivity index (χ0v) is 29.1. The van der Waals surface area contributed by atoms with Crippen LogP contribution in [-0.2, 0) is 42.6 Å². The molecule has 3 saturated heterocycles. The first-order valence-electron chi connectivity index (χ1n) is 15.9. The van der Waals surface area contributed by atoms with Crippen LogP contribution in [0.1, 0.15) is 67.7 Å². The van der Waals surface area contributed by atoms with Gasteiger partial charge < -0.3 is 38.4 Å². The van der Waals surface area contributed by atoms with Gasteiger partial charge in [-0.1, -0.05) is 27.7 Å². The van der Waals surface area contributed by atoms with Crippen molar-refractivity contribution in [2.45, 2.75) is 122 Å². The summed E-state index contributed by atoms with van der Waals surface area (Å²) in [6.07, 6.45) is -0.656. The topological polar surface area (TPSA) is 122 Å². The number of nitrogens with zero attached hydrogens (tertiary/aromatic N) is 1. The summed E-state index contributed by atoms with van der Waals surface area (Å²) >= 11 is 0. The molecule has 6 unspecified atom stereocenters. The normalized spacial score (nSPS) is 45.5. The molecule has 44 heavy (non-hydrogen) atoms. The zero-order chi connectivity index (χ0) is 32.7.